The van der Waals surface area contributed by atoms with E-state index in [0.29, 0.717) is 6.42 Å². The SMILES string of the molecule is Cc1c(CCC(=O)O)n(C)c2ccccc12. The number of hydrogen-bond acceptors (Lipinski definition) is 1. The van der Waals surface area contributed by atoms with Crippen LogP contribution in [0.2, 0.25) is 0 Å². The quantitative estimate of drug-likeness (QED) is 0.858. The Morgan fingerprint density at radius 1 is 1.38 bits per heavy atom. The highest BCUT2D eigenvalue weighted by Crippen LogP contribution is 2.25. The lowest BCUT2D eigenvalue weighted by Gasteiger charge is -2.03. The van der Waals surface area contributed by atoms with Gasteiger partial charge in [-0.3, -0.25) is 4.79 Å². The Morgan fingerprint density at radius 2 is 2.06 bits per heavy atom. The third-order valence-electron chi connectivity index (χ3n) is 3.08. The number of aromatic nitrogens is 1. The van der Waals surface area contributed by atoms with Gasteiger partial charge in [-0.2, -0.15) is 0 Å². The van der Waals surface area contributed by atoms with Crippen LogP contribution in [0.1, 0.15) is 17.7 Å². The van der Waals surface area contributed by atoms with Crippen LogP contribution in [0.3, 0.4) is 0 Å². The molecule has 0 aliphatic carbocycles. The maximum atomic E-state index is 10.6. The van der Waals surface area contributed by atoms with Gasteiger partial charge in [0.1, 0.15) is 0 Å². The number of fused-ring (bicyclic) bond motifs is 1. The minimum atomic E-state index is -0.746. The maximum absolute atomic E-state index is 10.6. The van der Waals surface area contributed by atoms with Crippen molar-refractivity contribution in [1.82, 2.24) is 4.57 Å². The molecule has 0 aliphatic rings. The number of rotatable bonds is 3. The predicted molar refractivity (Wildman–Crippen MR) is 63.6 cm³/mol. The van der Waals surface area contributed by atoms with Crippen molar-refractivity contribution in [2.45, 2.75) is 19.8 Å². The van der Waals surface area contributed by atoms with Crippen molar-refractivity contribution in [2.24, 2.45) is 7.05 Å². The highest BCUT2D eigenvalue weighted by Gasteiger charge is 2.11. The number of hydrogen-bond donors (Lipinski definition) is 1. The van der Waals surface area contributed by atoms with Crippen molar-refractivity contribution < 1.29 is 9.90 Å². The molecule has 0 amide bonds. The summed E-state index contributed by atoms with van der Waals surface area (Å²) in [6.45, 7) is 2.06. The van der Waals surface area contributed by atoms with Crippen molar-refractivity contribution >= 4 is 16.9 Å². The summed E-state index contributed by atoms with van der Waals surface area (Å²) in [4.78, 5) is 10.6. The van der Waals surface area contributed by atoms with Gasteiger partial charge in [0.15, 0.2) is 0 Å². The van der Waals surface area contributed by atoms with Gasteiger partial charge < -0.3 is 9.67 Å². The molecule has 3 nitrogen and oxygen atoms in total. The molecule has 3 heteroatoms. The van der Waals surface area contributed by atoms with E-state index in [1.807, 2.05) is 19.2 Å². The van der Waals surface area contributed by atoms with E-state index in [1.165, 1.54) is 16.5 Å². The number of carbonyl (C=O) groups is 1. The monoisotopic (exact) mass is 217 g/mol. The fourth-order valence-electron chi connectivity index (χ4n) is 2.22. The Labute approximate surface area is 94.3 Å². The van der Waals surface area contributed by atoms with Crippen LogP contribution < -0.4 is 0 Å². The maximum Gasteiger partial charge on any atom is 0.303 e. The molecule has 0 bridgehead atoms. The van der Waals surface area contributed by atoms with Gasteiger partial charge in [-0.15, -0.1) is 0 Å². The lowest BCUT2D eigenvalue weighted by molar-refractivity contribution is -0.136. The van der Waals surface area contributed by atoms with Gasteiger partial charge in [-0.05, 0) is 25.0 Å². The molecule has 0 aliphatic heterocycles. The Hall–Kier alpha value is -1.77. The first-order valence-electron chi connectivity index (χ1n) is 5.36. The van der Waals surface area contributed by atoms with Crippen molar-refractivity contribution in [3.05, 3.63) is 35.5 Å². The summed E-state index contributed by atoms with van der Waals surface area (Å²) in [5.74, 6) is -0.746. The van der Waals surface area contributed by atoms with Crippen LogP contribution in [-0.2, 0) is 18.3 Å². The second-order valence-corrected chi connectivity index (χ2v) is 4.04. The molecule has 0 fully saturated rings. The molecule has 0 spiro atoms. The van der Waals surface area contributed by atoms with Crippen LogP contribution in [0.4, 0.5) is 0 Å². The zero-order valence-electron chi connectivity index (χ0n) is 9.53. The molecule has 0 atom stereocenters. The lowest BCUT2D eigenvalue weighted by atomic mass is 10.1. The Balaban J connectivity index is 2.48. The molecular formula is C13H15NO2. The van der Waals surface area contributed by atoms with E-state index in [4.69, 9.17) is 5.11 Å². The smallest absolute Gasteiger partial charge is 0.303 e. The minimum absolute atomic E-state index is 0.186. The number of benzene rings is 1. The third-order valence-corrected chi connectivity index (χ3v) is 3.08. The summed E-state index contributed by atoms with van der Waals surface area (Å²) >= 11 is 0. The lowest BCUT2D eigenvalue weighted by Crippen LogP contribution is -2.03. The summed E-state index contributed by atoms with van der Waals surface area (Å²) in [6, 6.07) is 8.15. The zero-order valence-corrected chi connectivity index (χ0v) is 9.53. The summed E-state index contributed by atoms with van der Waals surface area (Å²) in [6.07, 6.45) is 0.775. The molecule has 0 saturated carbocycles. The fraction of sp³-hybridized carbons (Fsp3) is 0.308. The second kappa shape index (κ2) is 4.00. The van der Waals surface area contributed by atoms with E-state index in [9.17, 15) is 4.79 Å². The predicted octanol–water partition coefficient (Wildman–Crippen LogP) is 2.50. The topological polar surface area (TPSA) is 42.2 Å². The van der Waals surface area contributed by atoms with E-state index in [0.717, 1.165) is 5.69 Å². The van der Waals surface area contributed by atoms with E-state index >= 15 is 0 Å². The van der Waals surface area contributed by atoms with Crippen LogP contribution in [0.5, 0.6) is 0 Å². The first-order valence-corrected chi connectivity index (χ1v) is 5.36. The van der Waals surface area contributed by atoms with Gasteiger partial charge in [0.2, 0.25) is 0 Å². The van der Waals surface area contributed by atoms with Crippen molar-refractivity contribution in [3.8, 4) is 0 Å². The molecule has 0 saturated heterocycles. The average Bonchev–Trinajstić information content (AvgIpc) is 2.50. The number of para-hydroxylation sites is 1. The largest absolute Gasteiger partial charge is 0.481 e. The van der Waals surface area contributed by atoms with Crippen LogP contribution in [-0.4, -0.2) is 15.6 Å². The zero-order chi connectivity index (χ0) is 11.7. The van der Waals surface area contributed by atoms with Gasteiger partial charge in [0.05, 0.1) is 6.42 Å². The van der Waals surface area contributed by atoms with Gasteiger partial charge >= 0.3 is 5.97 Å². The number of aryl methyl sites for hydroxylation is 2. The highest BCUT2D eigenvalue weighted by molar-refractivity contribution is 5.85. The van der Waals surface area contributed by atoms with Crippen molar-refractivity contribution in [3.63, 3.8) is 0 Å². The molecule has 16 heavy (non-hydrogen) atoms. The Kier molecular flexibility index (Phi) is 2.69. The standard InChI is InChI=1S/C13H15NO2/c1-9-10-5-3-4-6-12(10)14(2)11(9)7-8-13(15)16/h3-6H,7-8H2,1-2H3,(H,15,16). The number of nitrogens with zero attached hydrogens (tertiary/aromatic N) is 1. The molecular weight excluding hydrogens is 202 g/mol. The Bertz CT molecular complexity index is 501. The molecule has 1 heterocycles. The first-order chi connectivity index (χ1) is 7.61. The van der Waals surface area contributed by atoms with Gasteiger partial charge in [0, 0.05) is 23.6 Å². The molecule has 84 valence electrons. The summed E-state index contributed by atoms with van der Waals surface area (Å²) in [7, 11) is 1.99. The highest BCUT2D eigenvalue weighted by atomic mass is 16.4. The van der Waals surface area contributed by atoms with Gasteiger partial charge in [-0.25, -0.2) is 0 Å². The van der Waals surface area contributed by atoms with Gasteiger partial charge in [0.25, 0.3) is 0 Å². The summed E-state index contributed by atoms with van der Waals surface area (Å²) in [5, 5.41) is 9.94. The second-order valence-electron chi connectivity index (χ2n) is 4.04. The molecule has 2 aromatic rings. The van der Waals surface area contributed by atoms with Gasteiger partial charge in [-0.1, -0.05) is 18.2 Å². The van der Waals surface area contributed by atoms with E-state index in [1.54, 1.807) is 0 Å². The number of carboxylic acid groups (broad SMARTS) is 1. The fourth-order valence-corrected chi connectivity index (χ4v) is 2.22. The van der Waals surface area contributed by atoms with E-state index in [-0.39, 0.29) is 6.42 Å². The average molecular weight is 217 g/mol. The normalized spacial score (nSPS) is 10.9. The molecule has 1 N–H and O–H groups in total. The number of aliphatic carboxylic acids is 1. The van der Waals surface area contributed by atoms with Crippen molar-refractivity contribution in [1.29, 1.82) is 0 Å². The number of carboxylic acids is 1. The van der Waals surface area contributed by atoms with Crippen LogP contribution >= 0.6 is 0 Å². The molecule has 0 radical (unpaired) electrons. The molecule has 0 unspecified atom stereocenters. The van der Waals surface area contributed by atoms with Crippen molar-refractivity contribution in [2.75, 3.05) is 0 Å². The van der Waals surface area contributed by atoms with Crippen LogP contribution in [0, 0.1) is 6.92 Å². The summed E-state index contributed by atoms with van der Waals surface area (Å²) < 4.78 is 2.09. The van der Waals surface area contributed by atoms with Crippen LogP contribution in [0.25, 0.3) is 10.9 Å². The first kappa shape index (κ1) is 10.7. The summed E-state index contributed by atoms with van der Waals surface area (Å²) in [5.41, 5.74) is 3.48. The molecule has 1 aromatic carbocycles. The minimum Gasteiger partial charge on any atom is -0.481 e. The van der Waals surface area contributed by atoms with E-state index < -0.39 is 5.97 Å². The Morgan fingerprint density at radius 3 is 2.69 bits per heavy atom. The molecule has 1 aromatic heterocycles. The van der Waals surface area contributed by atoms with E-state index in [2.05, 4.69) is 23.6 Å². The molecule has 2 rings (SSSR count). The third kappa shape index (κ3) is 1.69. The van der Waals surface area contributed by atoms with Crippen LogP contribution in [0.15, 0.2) is 24.3 Å².